The maximum absolute atomic E-state index is 12.7. The van der Waals surface area contributed by atoms with E-state index in [0.717, 1.165) is 24.1 Å². The summed E-state index contributed by atoms with van der Waals surface area (Å²) in [6, 6.07) is 8.29. The van der Waals surface area contributed by atoms with Gasteiger partial charge in [0.05, 0.1) is 0 Å². The Kier molecular flexibility index (Phi) is 7.90. The highest BCUT2D eigenvalue weighted by atomic mass is 35.5. The van der Waals surface area contributed by atoms with Gasteiger partial charge in [0.15, 0.2) is 0 Å². The van der Waals surface area contributed by atoms with Gasteiger partial charge in [-0.15, -0.1) is 12.4 Å². The normalized spacial score (nSPS) is 26.3. The van der Waals surface area contributed by atoms with E-state index in [1.165, 1.54) is 19.3 Å². The van der Waals surface area contributed by atoms with Crippen LogP contribution in [0.4, 0.5) is 5.69 Å². The van der Waals surface area contributed by atoms with Gasteiger partial charge in [-0.05, 0) is 69.1 Å². The SMILES string of the molecule is CC(=O)N(Cc1ccc(NC(=O)C2CC3CCCC(C2)C3N)cc1)C(C)C.Cl. The molecule has 0 heterocycles. The van der Waals surface area contributed by atoms with Gasteiger partial charge in [0.2, 0.25) is 11.8 Å². The summed E-state index contributed by atoms with van der Waals surface area (Å²) in [7, 11) is 0. The van der Waals surface area contributed by atoms with Crippen LogP contribution >= 0.6 is 12.4 Å². The number of amides is 2. The molecule has 156 valence electrons. The first-order chi connectivity index (χ1) is 12.8. The second-order valence-electron chi connectivity index (χ2n) is 8.62. The molecule has 2 atom stereocenters. The smallest absolute Gasteiger partial charge is 0.227 e. The summed E-state index contributed by atoms with van der Waals surface area (Å²) in [4.78, 5) is 26.3. The maximum atomic E-state index is 12.7. The third-order valence-corrected chi connectivity index (χ3v) is 6.39. The largest absolute Gasteiger partial charge is 0.336 e. The van der Waals surface area contributed by atoms with Gasteiger partial charge in [-0.2, -0.15) is 0 Å². The Hall–Kier alpha value is -1.59. The van der Waals surface area contributed by atoms with Crippen molar-refractivity contribution in [1.82, 2.24) is 4.90 Å². The Bertz CT molecular complexity index is 663. The number of hydrogen-bond acceptors (Lipinski definition) is 3. The van der Waals surface area contributed by atoms with Crippen LogP contribution in [0, 0.1) is 17.8 Å². The number of nitrogens with two attached hydrogens (primary N) is 1. The summed E-state index contributed by atoms with van der Waals surface area (Å²) >= 11 is 0. The highest BCUT2D eigenvalue weighted by Crippen LogP contribution is 2.42. The van der Waals surface area contributed by atoms with E-state index >= 15 is 0 Å². The van der Waals surface area contributed by atoms with Crippen molar-refractivity contribution in [2.24, 2.45) is 23.5 Å². The molecular formula is C22H34ClN3O2. The first-order valence-electron chi connectivity index (χ1n) is 10.3. The minimum Gasteiger partial charge on any atom is -0.336 e. The number of rotatable bonds is 5. The van der Waals surface area contributed by atoms with Crippen molar-refractivity contribution in [2.75, 3.05) is 5.32 Å². The summed E-state index contributed by atoms with van der Waals surface area (Å²) in [5, 5.41) is 3.08. The standard InChI is InChI=1S/C22H33N3O2.ClH/c1-14(2)25(15(3)26)13-16-7-9-20(10-8-16)24-22(27)19-11-17-5-4-6-18(12-19)21(17)23;/h7-10,14,17-19,21H,4-6,11-13,23H2,1-3H3,(H,24,27);1H. The second-order valence-corrected chi connectivity index (χ2v) is 8.62. The number of hydrogen-bond donors (Lipinski definition) is 2. The molecule has 2 amide bonds. The van der Waals surface area contributed by atoms with E-state index in [0.29, 0.717) is 18.4 Å². The van der Waals surface area contributed by atoms with Gasteiger partial charge in [0.25, 0.3) is 0 Å². The van der Waals surface area contributed by atoms with Crippen molar-refractivity contribution in [3.05, 3.63) is 29.8 Å². The average Bonchev–Trinajstić information content (AvgIpc) is 2.60. The molecule has 28 heavy (non-hydrogen) atoms. The number of nitrogens with zero attached hydrogens (tertiary/aromatic N) is 1. The highest BCUT2D eigenvalue weighted by molar-refractivity contribution is 5.92. The predicted octanol–water partition coefficient (Wildman–Crippen LogP) is 3.96. The monoisotopic (exact) mass is 407 g/mol. The third kappa shape index (κ3) is 5.26. The second kappa shape index (κ2) is 9.75. The van der Waals surface area contributed by atoms with Gasteiger partial charge in [0, 0.05) is 37.2 Å². The van der Waals surface area contributed by atoms with Gasteiger partial charge in [0.1, 0.15) is 0 Å². The van der Waals surface area contributed by atoms with E-state index in [4.69, 9.17) is 5.73 Å². The molecule has 0 saturated heterocycles. The first kappa shape index (κ1) is 22.7. The van der Waals surface area contributed by atoms with Gasteiger partial charge in [-0.1, -0.05) is 18.6 Å². The number of anilines is 1. The van der Waals surface area contributed by atoms with Gasteiger partial charge < -0.3 is 16.0 Å². The van der Waals surface area contributed by atoms with E-state index in [2.05, 4.69) is 5.32 Å². The molecule has 2 bridgehead atoms. The highest BCUT2D eigenvalue weighted by Gasteiger charge is 2.40. The molecule has 2 aliphatic rings. The number of benzene rings is 1. The zero-order valence-electron chi connectivity index (χ0n) is 17.2. The molecule has 0 aliphatic heterocycles. The van der Waals surface area contributed by atoms with Crippen LogP contribution < -0.4 is 11.1 Å². The molecule has 2 saturated carbocycles. The van der Waals surface area contributed by atoms with Crippen LogP contribution in [0.2, 0.25) is 0 Å². The van der Waals surface area contributed by atoms with Crippen LogP contribution in [0.5, 0.6) is 0 Å². The number of carbonyl (C=O) groups is 2. The minimum atomic E-state index is 0. The Balaban J connectivity index is 0.00000280. The summed E-state index contributed by atoms with van der Waals surface area (Å²) in [6.07, 6.45) is 5.43. The third-order valence-electron chi connectivity index (χ3n) is 6.39. The minimum absolute atomic E-state index is 0. The Morgan fingerprint density at radius 3 is 2.21 bits per heavy atom. The van der Waals surface area contributed by atoms with Crippen molar-refractivity contribution in [2.45, 2.75) is 71.5 Å². The van der Waals surface area contributed by atoms with Gasteiger partial charge in [-0.25, -0.2) is 0 Å². The molecule has 2 aliphatic carbocycles. The zero-order chi connectivity index (χ0) is 19.6. The number of carbonyl (C=O) groups excluding carboxylic acids is 2. The molecule has 2 unspecified atom stereocenters. The van der Waals surface area contributed by atoms with Crippen molar-refractivity contribution >= 4 is 29.9 Å². The van der Waals surface area contributed by atoms with Gasteiger partial charge in [-0.3, -0.25) is 9.59 Å². The number of halogens is 1. The van der Waals surface area contributed by atoms with E-state index in [1.54, 1.807) is 6.92 Å². The van der Waals surface area contributed by atoms with E-state index in [9.17, 15) is 9.59 Å². The first-order valence-corrected chi connectivity index (χ1v) is 10.3. The lowest BCUT2D eigenvalue weighted by Crippen LogP contribution is -2.48. The van der Waals surface area contributed by atoms with Crippen LogP contribution in [0.3, 0.4) is 0 Å². The molecular weight excluding hydrogens is 374 g/mol. The van der Waals surface area contributed by atoms with Gasteiger partial charge >= 0.3 is 0 Å². The summed E-state index contributed by atoms with van der Waals surface area (Å²) < 4.78 is 0. The molecule has 2 fully saturated rings. The van der Waals surface area contributed by atoms with Crippen LogP contribution in [0.15, 0.2) is 24.3 Å². The number of fused-ring (bicyclic) bond motifs is 2. The van der Waals surface area contributed by atoms with Crippen LogP contribution in [-0.4, -0.2) is 28.8 Å². The molecule has 0 spiro atoms. The molecule has 3 N–H and O–H groups in total. The van der Waals surface area contributed by atoms with Crippen LogP contribution in [-0.2, 0) is 16.1 Å². The van der Waals surface area contributed by atoms with E-state index < -0.39 is 0 Å². The quantitative estimate of drug-likeness (QED) is 0.775. The Labute approximate surface area is 174 Å². The Morgan fingerprint density at radius 2 is 1.71 bits per heavy atom. The molecule has 1 aromatic rings. The lowest BCUT2D eigenvalue weighted by atomic mass is 9.65. The van der Waals surface area contributed by atoms with Crippen LogP contribution in [0.25, 0.3) is 0 Å². The molecule has 3 rings (SSSR count). The fourth-order valence-corrected chi connectivity index (χ4v) is 4.80. The van der Waals surface area contributed by atoms with Crippen molar-refractivity contribution in [3.63, 3.8) is 0 Å². The summed E-state index contributed by atoms with van der Waals surface area (Å²) in [6.45, 7) is 6.22. The molecule has 5 nitrogen and oxygen atoms in total. The zero-order valence-corrected chi connectivity index (χ0v) is 18.0. The van der Waals surface area contributed by atoms with Crippen molar-refractivity contribution < 1.29 is 9.59 Å². The lowest BCUT2D eigenvalue weighted by molar-refractivity contribution is -0.131. The molecule has 0 aromatic heterocycles. The average molecular weight is 408 g/mol. The van der Waals surface area contributed by atoms with Crippen molar-refractivity contribution in [3.8, 4) is 0 Å². The van der Waals surface area contributed by atoms with Crippen LogP contribution in [0.1, 0.15) is 58.4 Å². The molecule has 6 heteroatoms. The summed E-state index contributed by atoms with van der Waals surface area (Å²) in [5.74, 6) is 1.28. The Morgan fingerprint density at radius 1 is 1.14 bits per heavy atom. The molecule has 0 radical (unpaired) electrons. The lowest BCUT2D eigenvalue weighted by Gasteiger charge is -2.43. The van der Waals surface area contributed by atoms with E-state index in [1.807, 2.05) is 43.0 Å². The fraction of sp³-hybridized carbons (Fsp3) is 0.636. The predicted molar refractivity (Wildman–Crippen MR) is 115 cm³/mol. The molecule has 1 aromatic carbocycles. The summed E-state index contributed by atoms with van der Waals surface area (Å²) in [5.41, 5.74) is 8.23. The van der Waals surface area contributed by atoms with Crippen molar-refractivity contribution in [1.29, 1.82) is 0 Å². The van der Waals surface area contributed by atoms with E-state index in [-0.39, 0.29) is 42.2 Å². The topological polar surface area (TPSA) is 75.4 Å². The fourth-order valence-electron chi connectivity index (χ4n) is 4.80. The number of nitrogens with one attached hydrogen (secondary N) is 1. The maximum Gasteiger partial charge on any atom is 0.227 e.